The highest BCUT2D eigenvalue weighted by Crippen LogP contribution is 2.23. The molecule has 1 aromatic rings. The number of halogens is 2. The molecule has 4 N–H and O–H groups in total. The lowest BCUT2D eigenvalue weighted by molar-refractivity contribution is -0.134. The third kappa shape index (κ3) is 15.7. The molecule has 2 amide bonds. The number of amides is 2. The molecule has 0 heterocycles. The van der Waals surface area contributed by atoms with Crippen LogP contribution in [-0.4, -0.2) is 73.4 Å². The van der Waals surface area contributed by atoms with Gasteiger partial charge in [0.15, 0.2) is 0 Å². The average Bonchev–Trinajstić information content (AvgIpc) is 2.56. The molecular formula is C17H23Cl2N3O6. The standard InChI is InChI=1S/C13H19Cl2N3O2.C4H4O4/c1-18(2)5-3-16-13(19)17-4-6-20-12-8-10(14)7-11(15)9-12;5-3(6)1-2-4(7)8/h7-9H,3-6H2,1-2H3,(H2,16,17,19);1-2H,(H,5,6)(H,7,8)/b;2-1-. The fraction of sp³-hybridized carbons (Fsp3) is 0.353. The number of benzene rings is 1. The van der Waals surface area contributed by atoms with Crippen LogP contribution in [0.5, 0.6) is 5.75 Å². The molecule has 0 aliphatic carbocycles. The third-order valence-electron chi connectivity index (χ3n) is 2.71. The number of hydrogen-bond donors (Lipinski definition) is 4. The van der Waals surface area contributed by atoms with E-state index in [9.17, 15) is 14.4 Å². The van der Waals surface area contributed by atoms with Gasteiger partial charge in [0.1, 0.15) is 12.4 Å². The Morgan fingerprint density at radius 2 is 1.50 bits per heavy atom. The molecule has 0 saturated carbocycles. The first-order valence-electron chi connectivity index (χ1n) is 7.99. The molecule has 1 aromatic carbocycles. The summed E-state index contributed by atoms with van der Waals surface area (Å²) >= 11 is 11.7. The van der Waals surface area contributed by atoms with E-state index in [4.69, 9.17) is 38.2 Å². The number of nitrogens with zero attached hydrogens (tertiary/aromatic N) is 1. The molecule has 0 atom stereocenters. The minimum Gasteiger partial charge on any atom is -0.492 e. The van der Waals surface area contributed by atoms with Crippen molar-refractivity contribution in [2.24, 2.45) is 0 Å². The predicted molar refractivity (Wildman–Crippen MR) is 106 cm³/mol. The topological polar surface area (TPSA) is 128 Å². The maximum absolute atomic E-state index is 11.4. The Labute approximate surface area is 172 Å². The Hall–Kier alpha value is -2.49. The highest BCUT2D eigenvalue weighted by Gasteiger charge is 2.01. The lowest BCUT2D eigenvalue weighted by Gasteiger charge is -2.12. The first kappa shape index (κ1) is 25.5. The zero-order chi connectivity index (χ0) is 21.5. The van der Waals surface area contributed by atoms with Crippen molar-refractivity contribution in [3.05, 3.63) is 40.4 Å². The zero-order valence-corrected chi connectivity index (χ0v) is 17.0. The second kappa shape index (κ2) is 14.6. The second-order valence-corrected chi connectivity index (χ2v) is 6.32. The normalized spacial score (nSPS) is 10.2. The molecule has 0 saturated heterocycles. The summed E-state index contributed by atoms with van der Waals surface area (Å²) in [7, 11) is 3.90. The Kier molecular flexibility index (Phi) is 13.3. The number of aliphatic carboxylic acids is 2. The minimum absolute atomic E-state index is 0.209. The van der Waals surface area contributed by atoms with Crippen molar-refractivity contribution in [3.8, 4) is 5.75 Å². The molecule has 11 heteroatoms. The van der Waals surface area contributed by atoms with Crippen LogP contribution in [0.2, 0.25) is 10.0 Å². The van der Waals surface area contributed by atoms with Crippen LogP contribution < -0.4 is 15.4 Å². The fourth-order valence-corrected chi connectivity index (χ4v) is 2.05. The van der Waals surface area contributed by atoms with Gasteiger partial charge in [-0.2, -0.15) is 0 Å². The molecule has 1 rings (SSSR count). The molecule has 9 nitrogen and oxygen atoms in total. The lowest BCUT2D eigenvalue weighted by atomic mass is 10.3. The quantitative estimate of drug-likeness (QED) is 0.344. The van der Waals surface area contributed by atoms with E-state index in [2.05, 4.69) is 10.6 Å². The van der Waals surface area contributed by atoms with Crippen molar-refractivity contribution in [2.75, 3.05) is 40.3 Å². The number of rotatable bonds is 9. The molecule has 28 heavy (non-hydrogen) atoms. The van der Waals surface area contributed by atoms with Gasteiger partial charge in [0.2, 0.25) is 0 Å². The van der Waals surface area contributed by atoms with Gasteiger partial charge in [0.25, 0.3) is 0 Å². The molecule has 0 spiro atoms. The second-order valence-electron chi connectivity index (χ2n) is 5.45. The smallest absolute Gasteiger partial charge is 0.328 e. The summed E-state index contributed by atoms with van der Waals surface area (Å²) in [6.07, 6.45) is 1.12. The monoisotopic (exact) mass is 435 g/mol. The molecule has 0 aliphatic heterocycles. The Morgan fingerprint density at radius 3 is 1.96 bits per heavy atom. The molecule has 0 bridgehead atoms. The third-order valence-corrected chi connectivity index (χ3v) is 3.14. The Bertz CT molecular complexity index is 647. The van der Waals surface area contributed by atoms with Crippen LogP contribution in [0.3, 0.4) is 0 Å². The van der Waals surface area contributed by atoms with E-state index >= 15 is 0 Å². The van der Waals surface area contributed by atoms with Gasteiger partial charge in [-0.05, 0) is 32.3 Å². The minimum atomic E-state index is -1.26. The van der Waals surface area contributed by atoms with Crippen LogP contribution >= 0.6 is 23.2 Å². The van der Waals surface area contributed by atoms with Crippen LogP contribution in [0.25, 0.3) is 0 Å². The van der Waals surface area contributed by atoms with E-state index in [1.807, 2.05) is 19.0 Å². The van der Waals surface area contributed by atoms with Crippen LogP contribution in [-0.2, 0) is 9.59 Å². The highest BCUT2D eigenvalue weighted by atomic mass is 35.5. The van der Waals surface area contributed by atoms with Gasteiger partial charge in [0.05, 0.1) is 6.54 Å². The van der Waals surface area contributed by atoms with Gasteiger partial charge in [0, 0.05) is 35.3 Å². The number of hydrogen-bond acceptors (Lipinski definition) is 5. The summed E-state index contributed by atoms with van der Waals surface area (Å²) in [5.41, 5.74) is 0. The molecule has 0 aromatic heterocycles. The van der Waals surface area contributed by atoms with Crippen LogP contribution in [0.15, 0.2) is 30.4 Å². The summed E-state index contributed by atoms with van der Waals surface area (Å²) in [5, 5.41) is 22.1. The Morgan fingerprint density at radius 1 is 1.00 bits per heavy atom. The average molecular weight is 436 g/mol. The van der Waals surface area contributed by atoms with Crippen LogP contribution in [0.1, 0.15) is 0 Å². The lowest BCUT2D eigenvalue weighted by Crippen LogP contribution is -2.40. The number of carboxylic acid groups (broad SMARTS) is 2. The largest absolute Gasteiger partial charge is 0.492 e. The van der Waals surface area contributed by atoms with Crippen molar-refractivity contribution >= 4 is 41.2 Å². The van der Waals surface area contributed by atoms with Gasteiger partial charge in [-0.25, -0.2) is 14.4 Å². The summed E-state index contributed by atoms with van der Waals surface area (Å²) in [5.74, 6) is -1.93. The maximum Gasteiger partial charge on any atom is 0.328 e. The number of likely N-dealkylation sites (N-methyl/N-ethyl adjacent to an activating group) is 1. The maximum atomic E-state index is 11.4. The number of carboxylic acids is 2. The number of carbonyl (C=O) groups excluding carboxylic acids is 1. The summed E-state index contributed by atoms with van der Waals surface area (Å²) in [6.45, 7) is 2.14. The number of ether oxygens (including phenoxy) is 1. The molecule has 0 radical (unpaired) electrons. The molecular weight excluding hydrogens is 413 g/mol. The van der Waals surface area contributed by atoms with Gasteiger partial charge < -0.3 is 30.5 Å². The molecule has 0 unspecified atom stereocenters. The van der Waals surface area contributed by atoms with Crippen molar-refractivity contribution < 1.29 is 29.3 Å². The van der Waals surface area contributed by atoms with Crippen molar-refractivity contribution in [1.29, 1.82) is 0 Å². The Balaban J connectivity index is 0.000000769. The van der Waals surface area contributed by atoms with E-state index in [1.165, 1.54) is 0 Å². The molecule has 0 aliphatic rings. The highest BCUT2D eigenvalue weighted by molar-refractivity contribution is 6.34. The molecule has 156 valence electrons. The first-order chi connectivity index (χ1) is 13.1. The van der Waals surface area contributed by atoms with Crippen molar-refractivity contribution in [3.63, 3.8) is 0 Å². The zero-order valence-electron chi connectivity index (χ0n) is 15.4. The SMILES string of the molecule is CN(C)CCNC(=O)NCCOc1cc(Cl)cc(Cl)c1.O=C(O)/C=C\C(=O)O. The predicted octanol–water partition coefficient (Wildman–Crippen LogP) is 1.94. The first-order valence-corrected chi connectivity index (χ1v) is 8.75. The van der Waals surface area contributed by atoms with Crippen molar-refractivity contribution in [2.45, 2.75) is 0 Å². The summed E-state index contributed by atoms with van der Waals surface area (Å²) < 4.78 is 5.44. The van der Waals surface area contributed by atoms with Gasteiger partial charge in [-0.3, -0.25) is 0 Å². The summed E-state index contributed by atoms with van der Waals surface area (Å²) in [6, 6.07) is 4.77. The van der Waals surface area contributed by atoms with Gasteiger partial charge >= 0.3 is 18.0 Å². The number of urea groups is 1. The number of nitrogens with one attached hydrogen (secondary N) is 2. The van der Waals surface area contributed by atoms with Crippen molar-refractivity contribution in [1.82, 2.24) is 15.5 Å². The fourth-order valence-electron chi connectivity index (χ4n) is 1.54. The van der Waals surface area contributed by atoms with E-state index < -0.39 is 11.9 Å². The summed E-state index contributed by atoms with van der Waals surface area (Å²) in [4.78, 5) is 32.5. The van der Waals surface area contributed by atoms with E-state index in [-0.39, 0.29) is 6.03 Å². The van der Waals surface area contributed by atoms with Crippen LogP contribution in [0.4, 0.5) is 4.79 Å². The number of carbonyl (C=O) groups is 3. The van der Waals surface area contributed by atoms with Gasteiger partial charge in [-0.1, -0.05) is 23.2 Å². The van der Waals surface area contributed by atoms with E-state index in [1.54, 1.807) is 18.2 Å². The van der Waals surface area contributed by atoms with Gasteiger partial charge in [-0.15, -0.1) is 0 Å². The van der Waals surface area contributed by atoms with Crippen LogP contribution in [0, 0.1) is 0 Å². The van der Waals surface area contributed by atoms with E-state index in [0.29, 0.717) is 47.6 Å². The van der Waals surface area contributed by atoms with E-state index in [0.717, 1.165) is 6.54 Å². The molecule has 0 fully saturated rings.